The molecule has 206 valence electrons. The molecule has 9 nitrogen and oxygen atoms in total. The molecule has 0 saturated carbocycles. The molecular formula is C28H41NO8. The number of benzene rings is 2. The number of fused-ring (bicyclic) bond motifs is 2. The van der Waals surface area contributed by atoms with Crippen LogP contribution in [0.4, 0.5) is 0 Å². The molecule has 3 rings (SSSR count). The van der Waals surface area contributed by atoms with Crippen LogP contribution in [0.3, 0.4) is 0 Å². The Morgan fingerprint density at radius 3 is 1.78 bits per heavy atom. The van der Waals surface area contributed by atoms with E-state index in [2.05, 4.69) is 4.90 Å². The Hall–Kier alpha value is -2.08. The number of aliphatic hydroxyl groups is 1. The Balaban J connectivity index is 1.67. The van der Waals surface area contributed by atoms with Gasteiger partial charge in [-0.1, -0.05) is 36.4 Å². The molecule has 0 aliphatic carbocycles. The second-order valence-electron chi connectivity index (χ2n) is 8.54. The second-order valence-corrected chi connectivity index (χ2v) is 8.54. The van der Waals surface area contributed by atoms with Crippen LogP contribution in [0.25, 0.3) is 0 Å². The smallest absolute Gasteiger partial charge is 0.193 e. The fourth-order valence-electron chi connectivity index (χ4n) is 4.33. The minimum Gasteiger partial charge on any atom is -0.457 e. The van der Waals surface area contributed by atoms with Gasteiger partial charge in [0.1, 0.15) is 11.5 Å². The molecule has 1 heterocycles. The van der Waals surface area contributed by atoms with E-state index in [0.717, 1.165) is 11.1 Å². The normalized spacial score (nSPS) is 14.7. The highest BCUT2D eigenvalue weighted by atomic mass is 16.6. The molecule has 0 aromatic heterocycles. The standard InChI is InChI=1S/C28H41NO8/c1-4-36-28(23-9-5-7-11-25(23)37-26-12-8-6-10-24(26)28)27(30)35-18-15-29(13-16-33-21-19-31-2)14-17-34-22-20-32-3/h5-12,27,30H,4,13-22H2,1-3H3. The van der Waals surface area contributed by atoms with Crippen molar-refractivity contribution < 1.29 is 38.3 Å². The van der Waals surface area contributed by atoms with Crippen molar-refractivity contribution >= 4 is 0 Å². The lowest BCUT2D eigenvalue weighted by molar-refractivity contribution is -0.223. The molecule has 0 amide bonds. The van der Waals surface area contributed by atoms with E-state index in [1.54, 1.807) is 14.2 Å². The molecule has 1 aliphatic rings. The summed E-state index contributed by atoms with van der Waals surface area (Å²) in [5.41, 5.74) is 0.258. The highest BCUT2D eigenvalue weighted by Gasteiger charge is 2.49. The zero-order chi connectivity index (χ0) is 26.3. The topological polar surface area (TPSA) is 88.1 Å². The molecule has 0 spiro atoms. The highest BCUT2D eigenvalue weighted by molar-refractivity contribution is 5.56. The summed E-state index contributed by atoms with van der Waals surface area (Å²) in [5, 5.41) is 11.5. The molecule has 2 aromatic carbocycles. The first-order valence-electron chi connectivity index (χ1n) is 12.8. The monoisotopic (exact) mass is 519 g/mol. The highest BCUT2D eigenvalue weighted by Crippen LogP contribution is 2.50. The minimum atomic E-state index is -1.25. The van der Waals surface area contributed by atoms with E-state index in [4.69, 9.17) is 33.2 Å². The van der Waals surface area contributed by atoms with Gasteiger partial charge in [0.2, 0.25) is 0 Å². The van der Waals surface area contributed by atoms with Crippen molar-refractivity contribution in [3.8, 4) is 11.5 Å². The van der Waals surface area contributed by atoms with Crippen LogP contribution in [0.5, 0.6) is 11.5 Å². The molecule has 1 atom stereocenters. The first kappa shape index (κ1) is 29.5. The maximum atomic E-state index is 11.5. The van der Waals surface area contributed by atoms with Crippen LogP contribution in [0, 0.1) is 0 Å². The summed E-state index contributed by atoms with van der Waals surface area (Å²) in [6.07, 6.45) is -1.25. The Kier molecular flexibility index (Phi) is 12.8. The van der Waals surface area contributed by atoms with Gasteiger partial charge in [-0.3, -0.25) is 4.90 Å². The van der Waals surface area contributed by atoms with Crippen LogP contribution in [0.2, 0.25) is 0 Å². The van der Waals surface area contributed by atoms with Crippen LogP contribution in [0.15, 0.2) is 48.5 Å². The SMILES string of the molecule is CCOC1(C(O)OCCN(CCOCCOC)CCOCCOC)c2ccccc2Oc2ccccc21. The minimum absolute atomic E-state index is 0.289. The predicted octanol–water partition coefficient (Wildman–Crippen LogP) is 3.04. The summed E-state index contributed by atoms with van der Waals surface area (Å²) in [4.78, 5) is 2.19. The lowest BCUT2D eigenvalue weighted by atomic mass is 9.82. The van der Waals surface area contributed by atoms with Gasteiger partial charge in [-0.2, -0.15) is 0 Å². The predicted molar refractivity (Wildman–Crippen MR) is 139 cm³/mol. The number of aliphatic hydroxyl groups excluding tert-OH is 1. The average Bonchev–Trinajstić information content (AvgIpc) is 2.92. The van der Waals surface area contributed by atoms with Crippen molar-refractivity contribution in [1.29, 1.82) is 0 Å². The third kappa shape index (κ3) is 7.95. The molecular weight excluding hydrogens is 478 g/mol. The summed E-state index contributed by atoms with van der Waals surface area (Å²) in [7, 11) is 3.31. The van der Waals surface area contributed by atoms with Gasteiger partial charge in [0.15, 0.2) is 11.9 Å². The van der Waals surface area contributed by atoms with Crippen LogP contribution in [-0.4, -0.2) is 103 Å². The summed E-state index contributed by atoms with van der Waals surface area (Å²) < 4.78 is 39.9. The Bertz CT molecular complexity index is 852. The van der Waals surface area contributed by atoms with Crippen LogP contribution >= 0.6 is 0 Å². The van der Waals surface area contributed by atoms with Gasteiger partial charge >= 0.3 is 0 Å². The number of ether oxygens (including phenoxy) is 7. The summed E-state index contributed by atoms with van der Waals surface area (Å²) in [6, 6.07) is 15.2. The van der Waals surface area contributed by atoms with Gasteiger partial charge in [-0.15, -0.1) is 0 Å². The number of hydrogen-bond acceptors (Lipinski definition) is 9. The largest absolute Gasteiger partial charge is 0.457 e. The molecule has 0 radical (unpaired) electrons. The fraction of sp³-hybridized carbons (Fsp3) is 0.571. The van der Waals surface area contributed by atoms with Gasteiger partial charge in [0.05, 0.1) is 46.2 Å². The third-order valence-corrected chi connectivity index (χ3v) is 6.16. The lowest BCUT2D eigenvalue weighted by Gasteiger charge is -2.42. The van der Waals surface area contributed by atoms with E-state index in [0.29, 0.717) is 77.4 Å². The average molecular weight is 520 g/mol. The second kappa shape index (κ2) is 16.0. The van der Waals surface area contributed by atoms with E-state index in [-0.39, 0.29) is 6.61 Å². The maximum absolute atomic E-state index is 11.5. The van der Waals surface area contributed by atoms with Crippen molar-refractivity contribution in [3.63, 3.8) is 0 Å². The molecule has 0 fully saturated rings. The molecule has 1 aliphatic heterocycles. The van der Waals surface area contributed by atoms with Crippen LogP contribution < -0.4 is 4.74 Å². The van der Waals surface area contributed by atoms with E-state index < -0.39 is 11.9 Å². The molecule has 1 N–H and O–H groups in total. The summed E-state index contributed by atoms with van der Waals surface area (Å²) in [5.74, 6) is 1.28. The third-order valence-electron chi connectivity index (χ3n) is 6.16. The zero-order valence-corrected chi connectivity index (χ0v) is 22.2. The first-order valence-corrected chi connectivity index (χ1v) is 12.8. The van der Waals surface area contributed by atoms with Crippen molar-refractivity contribution in [1.82, 2.24) is 4.90 Å². The number of methoxy groups -OCH3 is 2. The Morgan fingerprint density at radius 1 is 0.757 bits per heavy atom. The van der Waals surface area contributed by atoms with Crippen molar-refractivity contribution in [3.05, 3.63) is 59.7 Å². The molecule has 0 bridgehead atoms. The first-order chi connectivity index (χ1) is 18.2. The van der Waals surface area contributed by atoms with Gasteiger partial charge in [0.25, 0.3) is 0 Å². The van der Waals surface area contributed by atoms with Gasteiger partial charge in [0, 0.05) is 51.6 Å². The van der Waals surface area contributed by atoms with E-state index >= 15 is 0 Å². The quantitative estimate of drug-likeness (QED) is 0.222. The van der Waals surface area contributed by atoms with Gasteiger partial charge in [-0.25, -0.2) is 0 Å². The van der Waals surface area contributed by atoms with Gasteiger partial charge < -0.3 is 38.3 Å². The van der Waals surface area contributed by atoms with Crippen LogP contribution in [0.1, 0.15) is 18.1 Å². The zero-order valence-electron chi connectivity index (χ0n) is 22.2. The van der Waals surface area contributed by atoms with Crippen LogP contribution in [-0.2, 0) is 34.0 Å². The number of rotatable bonds is 19. The van der Waals surface area contributed by atoms with Crippen molar-refractivity contribution in [2.75, 3.05) is 86.7 Å². The molecule has 9 heteroatoms. The summed E-state index contributed by atoms with van der Waals surface area (Å²) >= 11 is 0. The van der Waals surface area contributed by atoms with E-state index in [1.807, 2.05) is 55.5 Å². The maximum Gasteiger partial charge on any atom is 0.193 e. The van der Waals surface area contributed by atoms with Crippen molar-refractivity contribution in [2.24, 2.45) is 0 Å². The number of hydrogen-bond donors (Lipinski definition) is 1. The molecule has 37 heavy (non-hydrogen) atoms. The number of para-hydroxylation sites is 2. The van der Waals surface area contributed by atoms with Gasteiger partial charge in [-0.05, 0) is 19.1 Å². The lowest BCUT2D eigenvalue weighted by Crippen LogP contribution is -2.47. The van der Waals surface area contributed by atoms with Crippen molar-refractivity contribution in [2.45, 2.75) is 18.8 Å². The molecule has 2 aromatic rings. The molecule has 1 unspecified atom stereocenters. The molecule has 0 saturated heterocycles. The number of nitrogens with zero attached hydrogens (tertiary/aromatic N) is 1. The summed E-state index contributed by atoms with van der Waals surface area (Å²) in [6.45, 7) is 7.89. The Morgan fingerprint density at radius 2 is 1.27 bits per heavy atom. The Labute approximate surface area is 220 Å². The van der Waals surface area contributed by atoms with E-state index in [9.17, 15) is 5.11 Å². The van der Waals surface area contributed by atoms with E-state index in [1.165, 1.54) is 0 Å². The fourth-order valence-corrected chi connectivity index (χ4v) is 4.33.